The van der Waals surface area contributed by atoms with E-state index in [-0.39, 0.29) is 5.82 Å². The van der Waals surface area contributed by atoms with Crippen molar-refractivity contribution in [3.63, 3.8) is 0 Å². The summed E-state index contributed by atoms with van der Waals surface area (Å²) in [7, 11) is 0. The van der Waals surface area contributed by atoms with Gasteiger partial charge in [0.05, 0.1) is 0 Å². The molecule has 0 amide bonds. The maximum absolute atomic E-state index is 12.7. The molecule has 18 heavy (non-hydrogen) atoms. The SMILES string of the molecule is Fc1ccc(SCCNc2cccc(Br)c2)cc1. The molecule has 1 N–H and O–H groups in total. The summed E-state index contributed by atoms with van der Waals surface area (Å²) in [4.78, 5) is 1.09. The molecule has 0 spiro atoms. The fourth-order valence-electron chi connectivity index (χ4n) is 1.49. The van der Waals surface area contributed by atoms with E-state index in [1.165, 1.54) is 12.1 Å². The van der Waals surface area contributed by atoms with Crippen LogP contribution >= 0.6 is 27.7 Å². The largest absolute Gasteiger partial charge is 0.384 e. The molecule has 1 nitrogen and oxygen atoms in total. The van der Waals surface area contributed by atoms with E-state index < -0.39 is 0 Å². The molecule has 0 radical (unpaired) electrons. The minimum atomic E-state index is -0.188. The van der Waals surface area contributed by atoms with Gasteiger partial charge in [-0.05, 0) is 42.5 Å². The van der Waals surface area contributed by atoms with Crippen molar-refractivity contribution in [2.45, 2.75) is 4.90 Å². The van der Waals surface area contributed by atoms with Crippen LogP contribution in [0.1, 0.15) is 0 Å². The zero-order chi connectivity index (χ0) is 12.8. The quantitative estimate of drug-likeness (QED) is 0.626. The Balaban J connectivity index is 1.74. The number of benzene rings is 2. The van der Waals surface area contributed by atoms with Gasteiger partial charge in [0.25, 0.3) is 0 Å². The van der Waals surface area contributed by atoms with Gasteiger partial charge in [-0.3, -0.25) is 0 Å². The fraction of sp³-hybridized carbons (Fsp3) is 0.143. The molecule has 0 unspecified atom stereocenters. The molecular weight excluding hydrogens is 313 g/mol. The molecule has 0 bridgehead atoms. The van der Waals surface area contributed by atoms with Crippen molar-refractivity contribution in [1.82, 2.24) is 0 Å². The van der Waals surface area contributed by atoms with Crippen LogP contribution in [0.3, 0.4) is 0 Å². The highest BCUT2D eigenvalue weighted by Gasteiger charge is 1.96. The number of halogens is 2. The van der Waals surface area contributed by atoms with Gasteiger partial charge < -0.3 is 5.32 Å². The maximum Gasteiger partial charge on any atom is 0.123 e. The second-order valence-corrected chi connectivity index (χ2v) is 5.82. The number of nitrogens with one attached hydrogen (secondary N) is 1. The highest BCUT2D eigenvalue weighted by molar-refractivity contribution is 9.10. The monoisotopic (exact) mass is 325 g/mol. The van der Waals surface area contributed by atoms with Crippen LogP contribution in [0.4, 0.5) is 10.1 Å². The van der Waals surface area contributed by atoms with Crippen molar-refractivity contribution >= 4 is 33.4 Å². The first-order valence-corrected chi connectivity index (χ1v) is 7.40. The van der Waals surface area contributed by atoms with Crippen LogP contribution < -0.4 is 5.32 Å². The predicted octanol–water partition coefficient (Wildman–Crippen LogP) is 4.79. The van der Waals surface area contributed by atoms with Gasteiger partial charge in [0, 0.05) is 27.4 Å². The minimum Gasteiger partial charge on any atom is -0.384 e. The van der Waals surface area contributed by atoms with E-state index in [2.05, 4.69) is 21.2 Å². The lowest BCUT2D eigenvalue weighted by Gasteiger charge is -2.06. The van der Waals surface area contributed by atoms with Gasteiger partial charge in [-0.25, -0.2) is 4.39 Å². The van der Waals surface area contributed by atoms with E-state index in [4.69, 9.17) is 0 Å². The smallest absolute Gasteiger partial charge is 0.123 e. The molecule has 0 aromatic heterocycles. The summed E-state index contributed by atoms with van der Waals surface area (Å²) in [5.41, 5.74) is 1.10. The Morgan fingerprint density at radius 2 is 1.89 bits per heavy atom. The van der Waals surface area contributed by atoms with Crippen LogP contribution in [-0.4, -0.2) is 12.3 Å². The Hall–Kier alpha value is -1.00. The number of anilines is 1. The van der Waals surface area contributed by atoms with Crippen molar-refractivity contribution < 1.29 is 4.39 Å². The number of thioether (sulfide) groups is 1. The standard InChI is InChI=1S/C14H13BrFNS/c15-11-2-1-3-13(10-11)17-8-9-18-14-6-4-12(16)5-7-14/h1-7,10,17H,8-9H2. The van der Waals surface area contributed by atoms with Gasteiger partial charge in [0.2, 0.25) is 0 Å². The minimum absolute atomic E-state index is 0.188. The van der Waals surface area contributed by atoms with E-state index in [9.17, 15) is 4.39 Å². The van der Waals surface area contributed by atoms with Crippen LogP contribution in [0, 0.1) is 5.82 Å². The second kappa shape index (κ2) is 6.81. The molecule has 0 aliphatic rings. The molecular formula is C14H13BrFNS. The van der Waals surface area contributed by atoms with E-state index in [1.807, 2.05) is 24.3 Å². The Morgan fingerprint density at radius 3 is 2.61 bits per heavy atom. The van der Waals surface area contributed by atoms with Crippen molar-refractivity contribution in [3.8, 4) is 0 Å². The fourth-order valence-corrected chi connectivity index (χ4v) is 2.66. The normalized spacial score (nSPS) is 10.3. The van der Waals surface area contributed by atoms with Crippen molar-refractivity contribution in [2.24, 2.45) is 0 Å². The van der Waals surface area contributed by atoms with E-state index in [0.29, 0.717) is 0 Å². The highest BCUT2D eigenvalue weighted by Crippen LogP contribution is 2.19. The Kier molecular flexibility index (Phi) is 5.08. The summed E-state index contributed by atoms with van der Waals surface area (Å²) in [6.45, 7) is 0.874. The van der Waals surface area contributed by atoms with Gasteiger partial charge in [0.15, 0.2) is 0 Å². The highest BCUT2D eigenvalue weighted by atomic mass is 79.9. The third kappa shape index (κ3) is 4.35. The third-order valence-corrected chi connectivity index (χ3v) is 3.85. The number of hydrogen-bond acceptors (Lipinski definition) is 2. The molecule has 0 saturated heterocycles. The topological polar surface area (TPSA) is 12.0 Å². The van der Waals surface area contributed by atoms with Crippen LogP contribution in [0.5, 0.6) is 0 Å². The lowest BCUT2D eigenvalue weighted by Crippen LogP contribution is -2.03. The summed E-state index contributed by atoms with van der Waals surface area (Å²) < 4.78 is 13.8. The lowest BCUT2D eigenvalue weighted by molar-refractivity contribution is 0.626. The van der Waals surface area contributed by atoms with Gasteiger partial charge in [-0.1, -0.05) is 22.0 Å². The molecule has 2 aromatic rings. The molecule has 2 aromatic carbocycles. The zero-order valence-electron chi connectivity index (χ0n) is 9.70. The van der Waals surface area contributed by atoms with Gasteiger partial charge in [0.1, 0.15) is 5.82 Å². The number of hydrogen-bond donors (Lipinski definition) is 1. The molecule has 4 heteroatoms. The summed E-state index contributed by atoms with van der Waals surface area (Å²) in [6.07, 6.45) is 0. The van der Waals surface area contributed by atoms with Crippen molar-refractivity contribution in [3.05, 3.63) is 58.8 Å². The molecule has 94 valence electrons. The molecule has 0 fully saturated rings. The average Bonchev–Trinajstić information content (AvgIpc) is 2.37. The van der Waals surface area contributed by atoms with E-state index in [0.717, 1.165) is 27.4 Å². The first-order valence-electron chi connectivity index (χ1n) is 5.62. The molecule has 0 atom stereocenters. The third-order valence-electron chi connectivity index (χ3n) is 2.34. The summed E-state index contributed by atoms with van der Waals surface area (Å²) in [6, 6.07) is 14.7. The molecule has 0 aliphatic heterocycles. The maximum atomic E-state index is 12.7. The van der Waals surface area contributed by atoms with Crippen LogP contribution in [0.25, 0.3) is 0 Å². The average molecular weight is 326 g/mol. The van der Waals surface area contributed by atoms with Crippen LogP contribution in [-0.2, 0) is 0 Å². The zero-order valence-corrected chi connectivity index (χ0v) is 12.1. The second-order valence-electron chi connectivity index (χ2n) is 3.74. The molecule has 0 saturated carbocycles. The van der Waals surface area contributed by atoms with Crippen LogP contribution in [0.2, 0.25) is 0 Å². The van der Waals surface area contributed by atoms with Crippen LogP contribution in [0.15, 0.2) is 57.9 Å². The van der Waals surface area contributed by atoms with Crippen molar-refractivity contribution in [1.29, 1.82) is 0 Å². The molecule has 0 aliphatic carbocycles. The van der Waals surface area contributed by atoms with Crippen molar-refractivity contribution in [2.75, 3.05) is 17.6 Å². The van der Waals surface area contributed by atoms with Gasteiger partial charge in [-0.2, -0.15) is 0 Å². The summed E-state index contributed by atoms with van der Waals surface area (Å²) in [5, 5.41) is 3.34. The van der Waals surface area contributed by atoms with Gasteiger partial charge >= 0.3 is 0 Å². The predicted molar refractivity (Wildman–Crippen MR) is 79.8 cm³/mol. The Labute approximate surface area is 119 Å². The summed E-state index contributed by atoms with van der Waals surface area (Å²) in [5.74, 6) is 0.754. The number of rotatable bonds is 5. The Bertz CT molecular complexity index is 501. The summed E-state index contributed by atoms with van der Waals surface area (Å²) >= 11 is 5.15. The molecule has 0 heterocycles. The van der Waals surface area contributed by atoms with E-state index >= 15 is 0 Å². The first-order chi connectivity index (χ1) is 8.74. The molecule has 2 rings (SSSR count). The lowest BCUT2D eigenvalue weighted by atomic mass is 10.3. The first kappa shape index (κ1) is 13.4. The van der Waals surface area contributed by atoms with E-state index in [1.54, 1.807) is 23.9 Å². The van der Waals surface area contributed by atoms with Gasteiger partial charge in [-0.15, -0.1) is 11.8 Å². The Morgan fingerprint density at radius 1 is 1.11 bits per heavy atom.